The van der Waals surface area contributed by atoms with Crippen LogP contribution < -0.4 is 10.9 Å². The van der Waals surface area contributed by atoms with Crippen LogP contribution in [0.2, 0.25) is 5.02 Å². The number of aromatic nitrogens is 2. The van der Waals surface area contributed by atoms with Gasteiger partial charge in [-0.2, -0.15) is 0 Å². The van der Waals surface area contributed by atoms with Crippen molar-refractivity contribution < 1.29 is 18.3 Å². The minimum Gasteiger partial charge on any atom is -0.465 e. The number of carbonyl (C=O) groups is 1. The van der Waals surface area contributed by atoms with Crippen LogP contribution in [0.15, 0.2) is 52.2 Å². The van der Waals surface area contributed by atoms with Gasteiger partial charge in [0.25, 0.3) is 5.56 Å². The minimum atomic E-state index is -3.49. The zero-order valence-corrected chi connectivity index (χ0v) is 16.3. The Balaban J connectivity index is 2.27. The molecule has 0 aliphatic rings. The Kier molecular flexibility index (Phi) is 5.39. The van der Waals surface area contributed by atoms with E-state index >= 15 is 0 Å². The molecule has 10 heteroatoms. The molecule has 0 bridgehead atoms. The van der Waals surface area contributed by atoms with E-state index in [-0.39, 0.29) is 34.1 Å². The molecule has 2 N–H and O–H groups in total. The first kappa shape index (κ1) is 19.8. The van der Waals surface area contributed by atoms with E-state index in [0.717, 1.165) is 6.26 Å². The number of nitrogens with one attached hydrogen (secondary N) is 1. The summed E-state index contributed by atoms with van der Waals surface area (Å²) in [4.78, 5) is 28.4. The topological polar surface area (TPSA) is 118 Å². The highest BCUT2D eigenvalue weighted by atomic mass is 35.5. The van der Waals surface area contributed by atoms with Crippen molar-refractivity contribution >= 4 is 38.4 Å². The van der Waals surface area contributed by atoms with Crippen molar-refractivity contribution in [1.29, 1.82) is 0 Å². The van der Waals surface area contributed by atoms with E-state index in [2.05, 4.69) is 10.3 Å². The first-order valence-corrected chi connectivity index (χ1v) is 10.4. The van der Waals surface area contributed by atoms with Crippen LogP contribution in [-0.4, -0.2) is 42.0 Å². The fourth-order valence-electron chi connectivity index (χ4n) is 2.80. The Bertz CT molecular complexity index is 1240. The third kappa shape index (κ3) is 4.00. The number of hydrogen-bond acceptors (Lipinski definition) is 5. The van der Waals surface area contributed by atoms with E-state index in [1.165, 1.54) is 22.8 Å². The maximum atomic E-state index is 13.2. The van der Waals surface area contributed by atoms with Gasteiger partial charge >= 0.3 is 6.09 Å². The number of carboxylic acid groups (broad SMARTS) is 1. The highest BCUT2D eigenvalue weighted by Gasteiger charge is 2.16. The molecular formula is C18H16ClN3O5S. The smallest absolute Gasteiger partial charge is 0.404 e. The molecule has 0 aliphatic heterocycles. The summed E-state index contributed by atoms with van der Waals surface area (Å²) >= 11 is 6.18. The molecule has 146 valence electrons. The first-order valence-electron chi connectivity index (χ1n) is 8.16. The Morgan fingerprint density at radius 2 is 1.96 bits per heavy atom. The van der Waals surface area contributed by atoms with Gasteiger partial charge in [0, 0.05) is 19.2 Å². The normalized spacial score (nSPS) is 11.5. The lowest BCUT2D eigenvalue weighted by Crippen LogP contribution is -2.29. The third-order valence-electron chi connectivity index (χ3n) is 4.04. The summed E-state index contributed by atoms with van der Waals surface area (Å²) in [5, 5.41) is 11.4. The predicted molar refractivity (Wildman–Crippen MR) is 105 cm³/mol. The van der Waals surface area contributed by atoms with Crippen LogP contribution >= 0.6 is 11.6 Å². The average Bonchev–Trinajstić information content (AvgIpc) is 2.61. The molecular weight excluding hydrogens is 406 g/mol. The van der Waals surface area contributed by atoms with Gasteiger partial charge < -0.3 is 10.4 Å². The van der Waals surface area contributed by atoms with Crippen LogP contribution in [0, 0.1) is 0 Å². The largest absolute Gasteiger partial charge is 0.465 e. The highest BCUT2D eigenvalue weighted by Crippen LogP contribution is 2.21. The fraction of sp³-hybridized carbons (Fsp3) is 0.167. The van der Waals surface area contributed by atoms with E-state index in [1.54, 1.807) is 24.3 Å². The lowest BCUT2D eigenvalue weighted by atomic mass is 10.2. The molecule has 0 fully saturated rings. The standard InChI is InChI=1S/C18H16ClN3O5S/c1-28(26,27)12-5-2-4-11(10-12)22-15(8-9-20-18(24)25)21-14-7-3-6-13(19)16(14)17(22)23/h2-7,10,20H,8-9H2,1H3,(H,24,25). The van der Waals surface area contributed by atoms with Crippen molar-refractivity contribution in [3.8, 4) is 5.69 Å². The van der Waals surface area contributed by atoms with Crippen molar-refractivity contribution in [3.05, 3.63) is 63.7 Å². The summed E-state index contributed by atoms with van der Waals surface area (Å²) in [5.74, 6) is 0.277. The number of sulfone groups is 1. The summed E-state index contributed by atoms with van der Waals surface area (Å²) in [6, 6.07) is 10.8. The van der Waals surface area contributed by atoms with Crippen LogP contribution in [0.3, 0.4) is 0 Å². The summed E-state index contributed by atoms with van der Waals surface area (Å²) in [6.45, 7) is 0.0274. The lowest BCUT2D eigenvalue weighted by Gasteiger charge is -2.15. The van der Waals surface area contributed by atoms with Crippen molar-refractivity contribution in [2.24, 2.45) is 0 Å². The maximum absolute atomic E-state index is 13.2. The Hall–Kier alpha value is -2.91. The summed E-state index contributed by atoms with van der Waals surface area (Å²) in [5.41, 5.74) is 0.206. The number of halogens is 1. The predicted octanol–water partition coefficient (Wildman–Crippen LogP) is 2.25. The first-order chi connectivity index (χ1) is 13.2. The van der Waals surface area contributed by atoms with E-state index in [9.17, 15) is 18.0 Å². The summed E-state index contributed by atoms with van der Waals surface area (Å²) in [6.07, 6.45) is -0.00774. The number of benzene rings is 2. The second-order valence-corrected chi connectivity index (χ2v) is 8.48. The second-order valence-electron chi connectivity index (χ2n) is 6.05. The molecule has 8 nitrogen and oxygen atoms in total. The van der Waals surface area contributed by atoms with Gasteiger partial charge in [-0.25, -0.2) is 18.2 Å². The molecule has 2 aromatic carbocycles. The van der Waals surface area contributed by atoms with Gasteiger partial charge in [-0.15, -0.1) is 0 Å². The Labute approximate surface area is 165 Å². The molecule has 0 aliphatic carbocycles. The molecule has 1 aromatic heterocycles. The fourth-order valence-corrected chi connectivity index (χ4v) is 3.72. The zero-order valence-electron chi connectivity index (χ0n) is 14.7. The van der Waals surface area contributed by atoms with Gasteiger partial charge in [-0.1, -0.05) is 23.7 Å². The zero-order chi connectivity index (χ0) is 20.5. The molecule has 0 spiro atoms. The second kappa shape index (κ2) is 7.61. The van der Waals surface area contributed by atoms with Gasteiger partial charge in [0.1, 0.15) is 5.82 Å². The lowest BCUT2D eigenvalue weighted by molar-refractivity contribution is 0.194. The van der Waals surface area contributed by atoms with E-state index in [1.807, 2.05) is 0 Å². The van der Waals surface area contributed by atoms with E-state index < -0.39 is 21.5 Å². The van der Waals surface area contributed by atoms with Crippen molar-refractivity contribution in [2.75, 3.05) is 12.8 Å². The Morgan fingerprint density at radius 1 is 1.25 bits per heavy atom. The van der Waals surface area contributed by atoms with Gasteiger partial charge in [0.15, 0.2) is 9.84 Å². The van der Waals surface area contributed by atoms with Crippen LogP contribution in [-0.2, 0) is 16.3 Å². The number of nitrogens with zero attached hydrogens (tertiary/aromatic N) is 2. The molecule has 0 atom stereocenters. The third-order valence-corrected chi connectivity index (χ3v) is 5.47. The number of amides is 1. The molecule has 1 heterocycles. The number of rotatable bonds is 5. The SMILES string of the molecule is CS(=O)(=O)c1cccc(-n2c(CCNC(=O)O)nc3cccc(Cl)c3c2=O)c1. The van der Waals surface area contributed by atoms with Crippen molar-refractivity contribution in [2.45, 2.75) is 11.3 Å². The quantitative estimate of drug-likeness (QED) is 0.652. The number of fused-ring (bicyclic) bond motifs is 1. The van der Waals surface area contributed by atoms with Crippen LogP contribution in [0.4, 0.5) is 4.79 Å². The molecule has 0 unspecified atom stereocenters. The van der Waals surface area contributed by atoms with Gasteiger partial charge in [0.2, 0.25) is 0 Å². The van der Waals surface area contributed by atoms with E-state index in [4.69, 9.17) is 16.7 Å². The van der Waals surface area contributed by atoms with Crippen LogP contribution in [0.25, 0.3) is 16.6 Å². The summed E-state index contributed by atoms with van der Waals surface area (Å²) in [7, 11) is -3.49. The average molecular weight is 422 g/mol. The van der Waals surface area contributed by atoms with Crippen LogP contribution in [0.5, 0.6) is 0 Å². The van der Waals surface area contributed by atoms with E-state index in [0.29, 0.717) is 11.2 Å². The van der Waals surface area contributed by atoms with Gasteiger partial charge in [0.05, 0.1) is 26.5 Å². The molecule has 0 radical (unpaired) electrons. The molecule has 0 saturated heterocycles. The molecule has 3 rings (SSSR count). The molecule has 28 heavy (non-hydrogen) atoms. The van der Waals surface area contributed by atoms with Crippen LogP contribution in [0.1, 0.15) is 5.82 Å². The van der Waals surface area contributed by atoms with Gasteiger partial charge in [-0.05, 0) is 30.3 Å². The number of hydrogen-bond donors (Lipinski definition) is 2. The maximum Gasteiger partial charge on any atom is 0.404 e. The monoisotopic (exact) mass is 421 g/mol. The molecule has 3 aromatic rings. The van der Waals surface area contributed by atoms with Crippen molar-refractivity contribution in [1.82, 2.24) is 14.9 Å². The minimum absolute atomic E-state index is 0.0274. The molecule has 0 saturated carbocycles. The van der Waals surface area contributed by atoms with Gasteiger partial charge in [-0.3, -0.25) is 9.36 Å². The Morgan fingerprint density at radius 3 is 2.64 bits per heavy atom. The molecule has 1 amide bonds. The van der Waals surface area contributed by atoms with Crippen molar-refractivity contribution in [3.63, 3.8) is 0 Å². The highest BCUT2D eigenvalue weighted by molar-refractivity contribution is 7.90. The summed E-state index contributed by atoms with van der Waals surface area (Å²) < 4.78 is 25.1.